The lowest BCUT2D eigenvalue weighted by atomic mass is 10.0. The Hall–Kier alpha value is -1.16. The molecule has 1 aliphatic rings. The zero-order valence-electron chi connectivity index (χ0n) is 11.0. The topological polar surface area (TPSA) is 35.2 Å². The Kier molecular flexibility index (Phi) is 4.20. The van der Waals surface area contributed by atoms with Crippen molar-refractivity contribution in [2.24, 2.45) is 5.73 Å². The predicted molar refractivity (Wildman–Crippen MR) is 84.7 cm³/mol. The molecule has 1 unspecified atom stereocenters. The third-order valence-electron chi connectivity index (χ3n) is 3.38. The van der Waals surface area contributed by atoms with Crippen LogP contribution in [0.15, 0.2) is 47.4 Å². The summed E-state index contributed by atoms with van der Waals surface area (Å²) in [6, 6.07) is 14.2. The molecule has 0 aromatic heterocycles. The summed E-state index contributed by atoms with van der Waals surface area (Å²) in [6.45, 7) is 0.785. The van der Waals surface area contributed by atoms with Crippen LogP contribution in [0.25, 0.3) is 0 Å². The minimum atomic E-state index is 0.0292. The summed E-state index contributed by atoms with van der Waals surface area (Å²) in [6.07, 6.45) is 0.986. The lowest BCUT2D eigenvalue weighted by Crippen LogP contribution is -2.13. The molecule has 0 saturated heterocycles. The summed E-state index contributed by atoms with van der Waals surface area (Å²) in [7, 11) is 0. The second kappa shape index (κ2) is 6.08. The molecule has 2 aromatic carbocycles. The molecule has 0 saturated carbocycles. The second-order valence-electron chi connectivity index (χ2n) is 4.84. The summed E-state index contributed by atoms with van der Waals surface area (Å²) in [5.74, 6) is 1.85. The number of halogens is 1. The van der Waals surface area contributed by atoms with E-state index in [0.717, 1.165) is 29.6 Å². The number of hydrogen-bond donors (Lipinski definition) is 1. The Bertz CT molecular complexity index is 600. The number of ether oxygens (including phenoxy) is 1. The number of thioether (sulfide) groups is 1. The molecule has 0 spiro atoms. The molecule has 4 heteroatoms. The van der Waals surface area contributed by atoms with Gasteiger partial charge in [0.05, 0.1) is 6.61 Å². The van der Waals surface area contributed by atoms with E-state index in [-0.39, 0.29) is 6.04 Å². The quantitative estimate of drug-likeness (QED) is 0.865. The van der Waals surface area contributed by atoms with Crippen molar-refractivity contribution in [2.45, 2.75) is 17.4 Å². The lowest BCUT2D eigenvalue weighted by Gasteiger charge is -2.13. The maximum atomic E-state index is 6.28. The zero-order valence-corrected chi connectivity index (χ0v) is 12.6. The molecule has 0 aliphatic carbocycles. The Morgan fingerprint density at radius 3 is 2.80 bits per heavy atom. The van der Waals surface area contributed by atoms with E-state index in [1.54, 1.807) is 11.8 Å². The van der Waals surface area contributed by atoms with E-state index in [4.69, 9.17) is 22.1 Å². The van der Waals surface area contributed by atoms with Gasteiger partial charge in [0.2, 0.25) is 0 Å². The van der Waals surface area contributed by atoms with E-state index in [0.29, 0.717) is 0 Å². The SMILES string of the molecule is NC(CSc1ccc(Cl)cc1)c1ccc2c(c1)CCO2. The van der Waals surface area contributed by atoms with Gasteiger partial charge >= 0.3 is 0 Å². The fourth-order valence-electron chi connectivity index (χ4n) is 2.25. The number of benzene rings is 2. The first kappa shape index (κ1) is 13.8. The molecule has 2 N–H and O–H groups in total. The monoisotopic (exact) mass is 305 g/mol. The van der Waals surface area contributed by atoms with Crippen LogP contribution in [-0.2, 0) is 6.42 Å². The lowest BCUT2D eigenvalue weighted by molar-refractivity contribution is 0.357. The molecule has 3 rings (SSSR count). The van der Waals surface area contributed by atoms with Crippen molar-refractivity contribution in [1.29, 1.82) is 0 Å². The van der Waals surface area contributed by atoms with E-state index in [1.165, 1.54) is 16.0 Å². The average Bonchev–Trinajstić information content (AvgIpc) is 2.93. The first-order chi connectivity index (χ1) is 9.72. The van der Waals surface area contributed by atoms with E-state index in [2.05, 4.69) is 12.1 Å². The highest BCUT2D eigenvalue weighted by Crippen LogP contribution is 2.30. The zero-order chi connectivity index (χ0) is 13.9. The molecular weight excluding hydrogens is 290 g/mol. The van der Waals surface area contributed by atoms with Crippen LogP contribution in [0.5, 0.6) is 5.75 Å². The van der Waals surface area contributed by atoms with E-state index < -0.39 is 0 Å². The normalized spacial score (nSPS) is 14.7. The molecule has 104 valence electrons. The van der Waals surface area contributed by atoms with Crippen LogP contribution < -0.4 is 10.5 Å². The van der Waals surface area contributed by atoms with Crippen molar-refractivity contribution in [1.82, 2.24) is 0 Å². The molecule has 1 aliphatic heterocycles. The highest BCUT2D eigenvalue weighted by atomic mass is 35.5. The highest BCUT2D eigenvalue weighted by molar-refractivity contribution is 7.99. The molecular formula is C16H16ClNOS. The van der Waals surface area contributed by atoms with Crippen LogP contribution in [0.4, 0.5) is 0 Å². The van der Waals surface area contributed by atoms with Crippen LogP contribution in [-0.4, -0.2) is 12.4 Å². The molecule has 20 heavy (non-hydrogen) atoms. The van der Waals surface area contributed by atoms with Crippen molar-refractivity contribution in [2.75, 3.05) is 12.4 Å². The van der Waals surface area contributed by atoms with Crippen LogP contribution in [0.2, 0.25) is 5.02 Å². The first-order valence-electron chi connectivity index (χ1n) is 6.62. The van der Waals surface area contributed by atoms with Gasteiger partial charge < -0.3 is 10.5 Å². The second-order valence-corrected chi connectivity index (χ2v) is 6.37. The Labute approximate surface area is 128 Å². The smallest absolute Gasteiger partial charge is 0.122 e. The van der Waals surface area contributed by atoms with Gasteiger partial charge in [-0.05, 0) is 41.5 Å². The Morgan fingerprint density at radius 2 is 2.00 bits per heavy atom. The van der Waals surface area contributed by atoms with Crippen molar-refractivity contribution < 1.29 is 4.74 Å². The van der Waals surface area contributed by atoms with Crippen LogP contribution in [0, 0.1) is 0 Å². The van der Waals surface area contributed by atoms with Gasteiger partial charge in [0, 0.05) is 28.1 Å². The van der Waals surface area contributed by atoms with Gasteiger partial charge in [-0.25, -0.2) is 0 Å². The number of fused-ring (bicyclic) bond motifs is 1. The van der Waals surface area contributed by atoms with Crippen LogP contribution in [0.3, 0.4) is 0 Å². The fraction of sp³-hybridized carbons (Fsp3) is 0.250. The average molecular weight is 306 g/mol. The Morgan fingerprint density at radius 1 is 1.20 bits per heavy atom. The summed E-state index contributed by atoms with van der Waals surface area (Å²) in [5, 5.41) is 0.761. The maximum Gasteiger partial charge on any atom is 0.122 e. The molecule has 0 radical (unpaired) electrons. The van der Waals surface area contributed by atoms with E-state index in [1.807, 2.05) is 30.3 Å². The molecule has 2 aromatic rings. The van der Waals surface area contributed by atoms with Crippen molar-refractivity contribution in [3.8, 4) is 5.75 Å². The molecule has 0 bridgehead atoms. The summed E-state index contributed by atoms with van der Waals surface area (Å²) in [4.78, 5) is 1.19. The van der Waals surface area contributed by atoms with Gasteiger partial charge in [0.25, 0.3) is 0 Å². The standard InChI is InChI=1S/C16H16ClNOS/c17-13-2-4-14(5-3-13)20-10-15(18)11-1-6-16-12(9-11)7-8-19-16/h1-6,9,15H,7-8,10,18H2. The van der Waals surface area contributed by atoms with Crippen LogP contribution >= 0.6 is 23.4 Å². The highest BCUT2D eigenvalue weighted by Gasteiger charge is 2.14. The number of nitrogens with two attached hydrogens (primary N) is 1. The van der Waals surface area contributed by atoms with Crippen molar-refractivity contribution >= 4 is 23.4 Å². The minimum absolute atomic E-state index is 0.0292. The number of rotatable bonds is 4. The third-order valence-corrected chi connectivity index (χ3v) is 4.77. The van der Waals surface area contributed by atoms with E-state index >= 15 is 0 Å². The van der Waals surface area contributed by atoms with Gasteiger partial charge in [0.1, 0.15) is 5.75 Å². The van der Waals surface area contributed by atoms with Crippen molar-refractivity contribution in [3.05, 3.63) is 58.6 Å². The molecule has 2 nitrogen and oxygen atoms in total. The summed E-state index contributed by atoms with van der Waals surface area (Å²) >= 11 is 7.63. The van der Waals surface area contributed by atoms with Gasteiger partial charge in [-0.15, -0.1) is 11.8 Å². The van der Waals surface area contributed by atoms with E-state index in [9.17, 15) is 0 Å². The molecule has 1 atom stereocenters. The minimum Gasteiger partial charge on any atom is -0.493 e. The molecule has 1 heterocycles. The summed E-state index contributed by atoms with van der Waals surface area (Å²) < 4.78 is 5.52. The first-order valence-corrected chi connectivity index (χ1v) is 7.98. The van der Waals surface area contributed by atoms with Gasteiger partial charge in [-0.2, -0.15) is 0 Å². The summed E-state index contributed by atoms with van der Waals surface area (Å²) in [5.41, 5.74) is 8.73. The van der Waals surface area contributed by atoms with Gasteiger partial charge in [0.15, 0.2) is 0 Å². The molecule has 0 amide bonds. The fourth-order valence-corrected chi connectivity index (χ4v) is 3.27. The Balaban J connectivity index is 1.64. The number of hydrogen-bond acceptors (Lipinski definition) is 3. The maximum absolute atomic E-state index is 6.28. The van der Waals surface area contributed by atoms with Crippen LogP contribution in [0.1, 0.15) is 17.2 Å². The van der Waals surface area contributed by atoms with Crippen molar-refractivity contribution in [3.63, 3.8) is 0 Å². The third kappa shape index (κ3) is 3.11. The van der Waals surface area contributed by atoms with Gasteiger partial charge in [-0.3, -0.25) is 0 Å². The predicted octanol–water partition coefficient (Wildman–Crippen LogP) is 4.07. The largest absolute Gasteiger partial charge is 0.493 e. The molecule has 0 fully saturated rings. The van der Waals surface area contributed by atoms with Gasteiger partial charge in [-0.1, -0.05) is 23.7 Å².